The van der Waals surface area contributed by atoms with Gasteiger partial charge in [-0.15, -0.1) is 0 Å². The van der Waals surface area contributed by atoms with Crippen molar-refractivity contribution in [3.8, 4) is 0 Å². The van der Waals surface area contributed by atoms with E-state index in [-0.39, 0.29) is 13.1 Å². The largest absolute Gasteiger partial charge is 0.401 e. The number of carbonyl (C=O) groups excluding carboxylic acids is 1. The minimum absolute atomic E-state index is 0.256. The van der Waals surface area contributed by atoms with E-state index in [1.54, 1.807) is 18.5 Å². The molecule has 1 amide bonds. The summed E-state index contributed by atoms with van der Waals surface area (Å²) in [7, 11) is 0. The molecule has 0 saturated carbocycles. The van der Waals surface area contributed by atoms with Crippen molar-refractivity contribution in [1.82, 2.24) is 15.6 Å². The second-order valence-corrected chi connectivity index (χ2v) is 3.80. The number of amides is 1. The van der Waals surface area contributed by atoms with Gasteiger partial charge in [-0.2, -0.15) is 13.2 Å². The summed E-state index contributed by atoms with van der Waals surface area (Å²) < 4.78 is 35.4. The Morgan fingerprint density at radius 3 is 2.78 bits per heavy atom. The second-order valence-electron chi connectivity index (χ2n) is 3.80. The van der Waals surface area contributed by atoms with Gasteiger partial charge in [0.1, 0.15) is 0 Å². The highest BCUT2D eigenvalue weighted by atomic mass is 19.4. The van der Waals surface area contributed by atoms with Crippen LogP contribution in [0.25, 0.3) is 0 Å². The van der Waals surface area contributed by atoms with Gasteiger partial charge in [-0.25, -0.2) is 0 Å². The van der Waals surface area contributed by atoms with Crippen LogP contribution in [0.15, 0.2) is 18.5 Å². The van der Waals surface area contributed by atoms with Crippen LogP contribution in [0, 0.1) is 6.92 Å². The van der Waals surface area contributed by atoms with Crippen LogP contribution in [-0.4, -0.2) is 30.2 Å². The molecule has 0 unspecified atom stereocenters. The molecule has 1 heterocycles. The van der Waals surface area contributed by atoms with E-state index in [1.165, 1.54) is 0 Å². The molecule has 1 rings (SSSR count). The molecule has 0 aliphatic rings. The maximum atomic E-state index is 11.8. The minimum Gasteiger partial charge on any atom is -0.351 e. The van der Waals surface area contributed by atoms with Crippen molar-refractivity contribution in [2.75, 3.05) is 13.1 Å². The highest BCUT2D eigenvalue weighted by Crippen LogP contribution is 2.11. The minimum atomic E-state index is -4.31. The van der Waals surface area contributed by atoms with Gasteiger partial charge in [-0.1, -0.05) is 0 Å². The van der Waals surface area contributed by atoms with Crippen molar-refractivity contribution in [3.63, 3.8) is 0 Å². The van der Waals surface area contributed by atoms with Crippen molar-refractivity contribution in [2.24, 2.45) is 0 Å². The van der Waals surface area contributed by atoms with Crippen molar-refractivity contribution in [2.45, 2.75) is 19.6 Å². The zero-order chi connectivity index (χ0) is 13.6. The molecule has 0 fully saturated rings. The van der Waals surface area contributed by atoms with E-state index in [4.69, 9.17) is 0 Å². The predicted octanol–water partition coefficient (Wildman–Crippen LogP) is 1.16. The van der Waals surface area contributed by atoms with Gasteiger partial charge >= 0.3 is 6.18 Å². The van der Waals surface area contributed by atoms with Crippen LogP contribution in [0.2, 0.25) is 0 Å². The number of hydrogen-bond donors (Lipinski definition) is 2. The topological polar surface area (TPSA) is 54.0 Å². The molecule has 0 bridgehead atoms. The van der Waals surface area contributed by atoms with Gasteiger partial charge in [0.15, 0.2) is 0 Å². The zero-order valence-corrected chi connectivity index (χ0v) is 9.84. The van der Waals surface area contributed by atoms with Crippen LogP contribution in [0.1, 0.15) is 11.1 Å². The predicted molar refractivity (Wildman–Crippen MR) is 59.7 cm³/mol. The number of alkyl halides is 3. The molecule has 1 aromatic rings. The van der Waals surface area contributed by atoms with Crippen molar-refractivity contribution < 1.29 is 18.0 Å². The molecule has 18 heavy (non-hydrogen) atoms. The standard InChI is InChI=1S/C11H14F3N3O/c1-8-2-3-15-4-9(8)5-17-10(18)6-16-7-11(12,13)14/h2-4,16H,5-7H2,1H3,(H,17,18). The van der Waals surface area contributed by atoms with E-state index in [0.29, 0.717) is 0 Å². The lowest BCUT2D eigenvalue weighted by atomic mass is 10.1. The van der Waals surface area contributed by atoms with Gasteiger partial charge < -0.3 is 10.6 Å². The quantitative estimate of drug-likeness (QED) is 0.836. The summed E-state index contributed by atoms with van der Waals surface area (Å²) in [4.78, 5) is 15.2. The molecule has 100 valence electrons. The average molecular weight is 261 g/mol. The molecule has 0 aliphatic heterocycles. The highest BCUT2D eigenvalue weighted by Gasteiger charge is 2.26. The first kappa shape index (κ1) is 14.4. The third-order valence-electron chi connectivity index (χ3n) is 2.23. The average Bonchev–Trinajstić information content (AvgIpc) is 2.26. The van der Waals surface area contributed by atoms with Crippen molar-refractivity contribution >= 4 is 5.91 Å². The van der Waals surface area contributed by atoms with Crippen LogP contribution < -0.4 is 10.6 Å². The maximum absolute atomic E-state index is 11.8. The Bertz CT molecular complexity index is 407. The fourth-order valence-corrected chi connectivity index (χ4v) is 1.26. The SMILES string of the molecule is Cc1ccncc1CNC(=O)CNCC(F)(F)F. The van der Waals surface area contributed by atoms with E-state index in [9.17, 15) is 18.0 Å². The Morgan fingerprint density at radius 2 is 2.17 bits per heavy atom. The lowest BCUT2D eigenvalue weighted by Gasteiger charge is -2.09. The number of nitrogens with zero attached hydrogens (tertiary/aromatic N) is 1. The van der Waals surface area contributed by atoms with Crippen LogP contribution >= 0.6 is 0 Å². The van der Waals surface area contributed by atoms with E-state index in [0.717, 1.165) is 11.1 Å². The van der Waals surface area contributed by atoms with E-state index < -0.39 is 18.6 Å². The summed E-state index contributed by atoms with van der Waals surface area (Å²) in [6.45, 7) is 0.586. The Kier molecular flexibility index (Phi) is 5.08. The molecule has 0 aromatic carbocycles. The van der Waals surface area contributed by atoms with Gasteiger partial charge in [0.2, 0.25) is 5.91 Å². The fraction of sp³-hybridized carbons (Fsp3) is 0.455. The van der Waals surface area contributed by atoms with E-state index in [2.05, 4.69) is 10.3 Å². The Hall–Kier alpha value is -1.63. The van der Waals surface area contributed by atoms with Gasteiger partial charge in [0.05, 0.1) is 13.1 Å². The third kappa shape index (κ3) is 5.62. The number of aryl methyl sites for hydroxylation is 1. The molecule has 0 saturated heterocycles. The van der Waals surface area contributed by atoms with Gasteiger partial charge in [0, 0.05) is 18.9 Å². The first-order chi connectivity index (χ1) is 8.38. The van der Waals surface area contributed by atoms with Crippen LogP contribution in [0.3, 0.4) is 0 Å². The first-order valence-electron chi connectivity index (χ1n) is 5.32. The molecule has 0 atom stereocenters. The summed E-state index contributed by atoms with van der Waals surface area (Å²) in [6, 6.07) is 1.80. The second kappa shape index (κ2) is 6.34. The summed E-state index contributed by atoms with van der Waals surface area (Å²) >= 11 is 0. The molecular formula is C11H14F3N3O. The summed E-state index contributed by atoms with van der Waals surface area (Å²) in [5.74, 6) is -0.484. The number of rotatable bonds is 5. The molecule has 4 nitrogen and oxygen atoms in total. The summed E-state index contributed by atoms with van der Waals surface area (Å²) in [5.41, 5.74) is 1.80. The smallest absolute Gasteiger partial charge is 0.351 e. The fourth-order valence-electron chi connectivity index (χ4n) is 1.26. The van der Waals surface area contributed by atoms with Crippen molar-refractivity contribution in [1.29, 1.82) is 0 Å². The third-order valence-corrected chi connectivity index (χ3v) is 2.23. The summed E-state index contributed by atoms with van der Waals surface area (Å²) in [5, 5.41) is 4.54. The molecule has 7 heteroatoms. The van der Waals surface area contributed by atoms with Crippen molar-refractivity contribution in [3.05, 3.63) is 29.6 Å². The highest BCUT2D eigenvalue weighted by molar-refractivity contribution is 5.77. The van der Waals surface area contributed by atoms with Gasteiger partial charge in [-0.05, 0) is 24.1 Å². The van der Waals surface area contributed by atoms with Crippen LogP contribution in [0.5, 0.6) is 0 Å². The lowest BCUT2D eigenvalue weighted by molar-refractivity contribution is -0.128. The molecule has 0 radical (unpaired) electrons. The molecule has 0 aliphatic carbocycles. The van der Waals surface area contributed by atoms with E-state index >= 15 is 0 Å². The summed E-state index contributed by atoms with van der Waals surface area (Å²) in [6.07, 6.45) is -1.06. The number of halogens is 3. The maximum Gasteiger partial charge on any atom is 0.401 e. The number of nitrogens with one attached hydrogen (secondary N) is 2. The number of pyridine rings is 1. The first-order valence-corrected chi connectivity index (χ1v) is 5.32. The normalized spacial score (nSPS) is 11.3. The lowest BCUT2D eigenvalue weighted by Crippen LogP contribution is -2.38. The zero-order valence-electron chi connectivity index (χ0n) is 9.84. The molecule has 0 spiro atoms. The van der Waals surface area contributed by atoms with Crippen LogP contribution in [-0.2, 0) is 11.3 Å². The molecule has 1 aromatic heterocycles. The van der Waals surface area contributed by atoms with Gasteiger partial charge in [0.25, 0.3) is 0 Å². The Morgan fingerprint density at radius 1 is 1.44 bits per heavy atom. The molecular weight excluding hydrogens is 247 g/mol. The van der Waals surface area contributed by atoms with Crippen LogP contribution in [0.4, 0.5) is 13.2 Å². The number of carbonyl (C=O) groups is 1. The number of hydrogen-bond acceptors (Lipinski definition) is 3. The monoisotopic (exact) mass is 261 g/mol. The van der Waals surface area contributed by atoms with Gasteiger partial charge in [-0.3, -0.25) is 9.78 Å². The number of aromatic nitrogens is 1. The van der Waals surface area contributed by atoms with E-state index in [1.807, 2.05) is 12.2 Å². The molecule has 2 N–H and O–H groups in total. The Balaban J connectivity index is 2.28. The Labute approximate surface area is 103 Å².